The van der Waals surface area contributed by atoms with Crippen LogP contribution in [-0.2, 0) is 14.3 Å². The minimum atomic E-state index is 0.00926. The lowest BCUT2D eigenvalue weighted by atomic mass is 10.1. The summed E-state index contributed by atoms with van der Waals surface area (Å²) in [5, 5.41) is 11.9. The number of nitrogens with one attached hydrogen (secondary N) is 1. The summed E-state index contributed by atoms with van der Waals surface area (Å²) in [7, 11) is 3.97. The van der Waals surface area contributed by atoms with E-state index < -0.39 is 0 Å². The number of carbonyl (C=O) groups is 2. The topological polar surface area (TPSA) is 98.2 Å². The van der Waals surface area contributed by atoms with Gasteiger partial charge in [0.15, 0.2) is 0 Å². The van der Waals surface area contributed by atoms with Gasteiger partial charge in [-0.1, -0.05) is 105 Å². The van der Waals surface area contributed by atoms with Crippen LogP contribution in [0.5, 0.6) is 0 Å². The maximum atomic E-state index is 11.9. The molecule has 2 saturated heterocycles. The molecule has 0 aromatic carbocycles. The average Bonchev–Trinajstić information content (AvgIpc) is 3.72. The average molecular weight is 732 g/mol. The molecule has 0 saturated carbocycles. The largest absolute Gasteiger partial charge is 0.394 e. The second kappa shape index (κ2) is 39.4. The molecule has 1 unspecified atom stereocenters. The number of rotatable bonds is 14. The number of aromatic nitrogens is 1. The molecule has 1 aromatic rings. The smallest absolute Gasteiger partial charge is 0.225 e. The van der Waals surface area contributed by atoms with Crippen molar-refractivity contribution in [2.24, 2.45) is 11.8 Å². The second-order valence-electron chi connectivity index (χ2n) is 13.3. The number of aliphatic hydroxyl groups is 1. The molecule has 3 rings (SSSR count). The molecular formula is C43H81N5O4. The van der Waals surface area contributed by atoms with E-state index in [1.165, 1.54) is 50.9 Å². The molecule has 0 bridgehead atoms. The Morgan fingerprint density at radius 1 is 0.923 bits per heavy atom. The molecule has 0 spiro atoms. The number of ether oxygens (including phenoxy) is 1. The number of aliphatic hydroxyl groups excluding tert-OH is 1. The van der Waals surface area contributed by atoms with Crippen LogP contribution in [0.2, 0.25) is 0 Å². The van der Waals surface area contributed by atoms with Crippen molar-refractivity contribution in [1.29, 1.82) is 0 Å². The van der Waals surface area contributed by atoms with E-state index in [1.54, 1.807) is 6.08 Å². The van der Waals surface area contributed by atoms with Gasteiger partial charge in [-0.05, 0) is 84.3 Å². The van der Waals surface area contributed by atoms with Gasteiger partial charge in [0, 0.05) is 56.5 Å². The van der Waals surface area contributed by atoms with Crippen molar-refractivity contribution in [2.75, 3.05) is 79.7 Å². The fraction of sp³-hybridized carbons (Fsp3) is 0.698. The molecule has 2 N–H and O–H groups in total. The van der Waals surface area contributed by atoms with Gasteiger partial charge in [-0.15, -0.1) is 0 Å². The van der Waals surface area contributed by atoms with Crippen LogP contribution < -0.4 is 5.32 Å². The second-order valence-corrected chi connectivity index (χ2v) is 13.3. The number of likely N-dealkylation sites (tertiary alicyclic amines) is 1. The summed E-state index contributed by atoms with van der Waals surface area (Å²) in [5.74, 6) is 1.26. The Balaban J connectivity index is -0.000000596. The minimum Gasteiger partial charge on any atom is -0.394 e. The first kappa shape index (κ1) is 53.5. The third-order valence-corrected chi connectivity index (χ3v) is 7.84. The lowest BCUT2D eigenvalue weighted by Gasteiger charge is -2.26. The lowest BCUT2D eigenvalue weighted by molar-refractivity contribution is -0.135. The van der Waals surface area contributed by atoms with Gasteiger partial charge in [0.25, 0.3) is 0 Å². The Bertz CT molecular complexity index is 977. The molecular weight excluding hydrogens is 651 g/mol. The molecule has 52 heavy (non-hydrogen) atoms. The SMILES string of the molecule is C1CCNCC1.C=C/C=C\C=C/C.CC.CC(C)C(=O)N(CCOCCO)CCN(C)C.CC(C)C(=O)N1CCCC1.CCC(C)c1ccccn1. The molecule has 3 heterocycles. The fourth-order valence-electron chi connectivity index (χ4n) is 4.59. The highest BCUT2D eigenvalue weighted by Crippen LogP contribution is 2.14. The van der Waals surface area contributed by atoms with Crippen LogP contribution in [0.15, 0.2) is 61.4 Å². The van der Waals surface area contributed by atoms with Gasteiger partial charge in [0.05, 0.1) is 19.8 Å². The number of carbonyl (C=O) groups excluding carboxylic acids is 2. The zero-order valence-electron chi connectivity index (χ0n) is 35.4. The highest BCUT2D eigenvalue weighted by molar-refractivity contribution is 5.78. The molecule has 9 heteroatoms. The Morgan fingerprint density at radius 2 is 1.56 bits per heavy atom. The Hall–Kier alpha value is -2.85. The number of hydrogen-bond acceptors (Lipinski definition) is 7. The van der Waals surface area contributed by atoms with Crippen molar-refractivity contribution in [3.05, 3.63) is 67.0 Å². The quantitative estimate of drug-likeness (QED) is 0.148. The van der Waals surface area contributed by atoms with Gasteiger partial charge in [-0.3, -0.25) is 14.6 Å². The van der Waals surface area contributed by atoms with Crippen molar-refractivity contribution in [3.63, 3.8) is 0 Å². The first-order valence-electron chi connectivity index (χ1n) is 19.9. The maximum absolute atomic E-state index is 11.9. The summed E-state index contributed by atoms with van der Waals surface area (Å²) in [4.78, 5) is 33.3. The summed E-state index contributed by atoms with van der Waals surface area (Å²) in [6.45, 7) is 29.0. The molecule has 2 amide bonds. The molecule has 0 aliphatic carbocycles. The Morgan fingerprint density at radius 3 is 1.96 bits per heavy atom. The summed E-state index contributed by atoms with van der Waals surface area (Å²) >= 11 is 0. The Labute approximate surface area is 321 Å². The highest BCUT2D eigenvalue weighted by Gasteiger charge is 2.19. The van der Waals surface area contributed by atoms with Crippen LogP contribution in [0.3, 0.4) is 0 Å². The van der Waals surface area contributed by atoms with E-state index >= 15 is 0 Å². The van der Waals surface area contributed by atoms with Crippen molar-refractivity contribution < 1.29 is 19.4 Å². The third kappa shape index (κ3) is 33.0. The molecule has 9 nitrogen and oxygen atoms in total. The van der Waals surface area contributed by atoms with Crippen molar-refractivity contribution in [2.45, 2.75) is 107 Å². The van der Waals surface area contributed by atoms with E-state index in [1.807, 2.05) is 115 Å². The van der Waals surface area contributed by atoms with E-state index in [0.717, 1.165) is 26.1 Å². The van der Waals surface area contributed by atoms with E-state index in [0.29, 0.717) is 38.1 Å². The summed E-state index contributed by atoms with van der Waals surface area (Å²) in [6, 6.07) is 6.06. The predicted octanol–water partition coefficient (Wildman–Crippen LogP) is 7.99. The van der Waals surface area contributed by atoms with Crippen molar-refractivity contribution in [1.82, 2.24) is 25.0 Å². The zero-order valence-corrected chi connectivity index (χ0v) is 35.4. The summed E-state index contributed by atoms with van der Waals surface area (Å²) in [6.07, 6.45) is 19.1. The van der Waals surface area contributed by atoms with E-state index in [9.17, 15) is 9.59 Å². The number of pyridine rings is 1. The molecule has 2 aliphatic rings. The number of allylic oxidation sites excluding steroid dienone is 5. The van der Waals surface area contributed by atoms with Gasteiger partial charge in [-0.2, -0.15) is 0 Å². The number of amides is 2. The van der Waals surface area contributed by atoms with Crippen LogP contribution in [-0.4, -0.2) is 116 Å². The van der Waals surface area contributed by atoms with Crippen LogP contribution in [0.4, 0.5) is 0 Å². The number of nitrogens with zero attached hydrogens (tertiary/aromatic N) is 4. The summed E-state index contributed by atoms with van der Waals surface area (Å²) in [5.41, 5.74) is 1.20. The van der Waals surface area contributed by atoms with Gasteiger partial charge < -0.3 is 29.9 Å². The van der Waals surface area contributed by atoms with Gasteiger partial charge in [-0.25, -0.2) is 0 Å². The normalized spacial score (nSPS) is 14.1. The highest BCUT2D eigenvalue weighted by atomic mass is 16.5. The Kier molecular flexibility index (Phi) is 40.5. The van der Waals surface area contributed by atoms with Gasteiger partial charge >= 0.3 is 0 Å². The molecule has 302 valence electrons. The van der Waals surface area contributed by atoms with E-state index in [2.05, 4.69) is 41.7 Å². The minimum absolute atomic E-state index is 0.00926. The van der Waals surface area contributed by atoms with Crippen molar-refractivity contribution >= 4 is 11.8 Å². The standard InChI is InChI=1S/C12H26N2O3.C9H13N.C8H15NO.C7H10.C5H11N.C2H6/c1-11(2)12(16)14(6-5-13(3)4)7-9-17-10-8-15;1-3-8(2)9-6-4-5-7-10-9;1-7(2)8(10)9-5-3-4-6-9;1-3-5-7-6-4-2;1-2-4-6-5-3-1;1-2/h11,15H,5-10H2,1-4H3;4-8H,3H2,1-2H3;7H,3-6H2,1-2H3;3-7H,1H2,2H3;6H,1-5H2;1-2H3/b;;;6-4-,7-5-;;. The third-order valence-electron chi connectivity index (χ3n) is 7.84. The number of likely N-dealkylation sites (N-methyl/N-ethyl adjacent to an activating group) is 1. The molecule has 1 atom stereocenters. The summed E-state index contributed by atoms with van der Waals surface area (Å²) < 4.78 is 5.19. The van der Waals surface area contributed by atoms with Crippen LogP contribution in [0.1, 0.15) is 112 Å². The first-order chi connectivity index (χ1) is 25.0. The molecule has 2 aliphatic heterocycles. The van der Waals surface area contributed by atoms with E-state index in [4.69, 9.17) is 9.84 Å². The van der Waals surface area contributed by atoms with E-state index in [-0.39, 0.29) is 24.3 Å². The number of piperidine rings is 1. The predicted molar refractivity (Wildman–Crippen MR) is 224 cm³/mol. The van der Waals surface area contributed by atoms with Crippen LogP contribution >= 0.6 is 0 Å². The van der Waals surface area contributed by atoms with Crippen LogP contribution in [0.25, 0.3) is 0 Å². The lowest BCUT2D eigenvalue weighted by Crippen LogP contribution is -2.41. The maximum Gasteiger partial charge on any atom is 0.225 e. The van der Waals surface area contributed by atoms with Crippen LogP contribution in [0, 0.1) is 11.8 Å². The monoisotopic (exact) mass is 732 g/mol. The molecule has 0 radical (unpaired) electrons. The first-order valence-corrected chi connectivity index (χ1v) is 19.9. The van der Waals surface area contributed by atoms with Gasteiger partial charge in [0.2, 0.25) is 11.8 Å². The molecule has 1 aromatic heterocycles. The zero-order chi connectivity index (χ0) is 40.0. The van der Waals surface area contributed by atoms with Crippen molar-refractivity contribution in [3.8, 4) is 0 Å². The number of hydrogen-bond donors (Lipinski definition) is 2. The van der Waals surface area contributed by atoms with Gasteiger partial charge in [0.1, 0.15) is 0 Å². The fourth-order valence-corrected chi connectivity index (χ4v) is 4.59. The molecule has 2 fully saturated rings.